The van der Waals surface area contributed by atoms with Crippen molar-refractivity contribution in [2.75, 3.05) is 24.2 Å². The Bertz CT molecular complexity index is 632. The van der Waals surface area contributed by atoms with Crippen molar-refractivity contribution in [1.82, 2.24) is 15.1 Å². The number of anilines is 1. The summed E-state index contributed by atoms with van der Waals surface area (Å²) in [6.07, 6.45) is 0.415. The second-order valence-corrected chi connectivity index (χ2v) is 6.90. The number of hydrogen-bond donors (Lipinski definition) is 1. The maximum Gasteiger partial charge on any atom is 0.316 e. The lowest BCUT2D eigenvalue weighted by atomic mass is 10.3. The number of hydrogen-bond acceptors (Lipinski definition) is 9. The lowest BCUT2D eigenvalue weighted by molar-refractivity contribution is -0.140. The maximum atomic E-state index is 11.8. The van der Waals surface area contributed by atoms with Crippen molar-refractivity contribution in [2.45, 2.75) is 30.5 Å². The monoisotopic (exact) mass is 372 g/mol. The smallest absolute Gasteiger partial charge is 0.316 e. The van der Waals surface area contributed by atoms with E-state index in [2.05, 4.69) is 15.5 Å². The van der Waals surface area contributed by atoms with Gasteiger partial charge in [-0.25, -0.2) is 0 Å². The third-order valence-corrected chi connectivity index (χ3v) is 4.93. The molecule has 0 spiro atoms. The van der Waals surface area contributed by atoms with Crippen LogP contribution in [0.3, 0.4) is 0 Å². The Balaban J connectivity index is 1.75. The predicted molar refractivity (Wildman–Crippen MR) is 86.5 cm³/mol. The zero-order valence-electron chi connectivity index (χ0n) is 12.9. The van der Waals surface area contributed by atoms with E-state index in [9.17, 15) is 19.2 Å². The Morgan fingerprint density at radius 3 is 2.67 bits per heavy atom. The van der Waals surface area contributed by atoms with E-state index < -0.39 is 0 Å². The van der Waals surface area contributed by atoms with Crippen LogP contribution in [0.1, 0.15) is 26.2 Å². The van der Waals surface area contributed by atoms with Crippen LogP contribution in [0.4, 0.5) is 5.13 Å². The molecule has 1 N–H and O–H groups in total. The van der Waals surface area contributed by atoms with E-state index >= 15 is 0 Å². The predicted octanol–water partition coefficient (Wildman–Crippen LogP) is 0.671. The molecule has 1 aliphatic heterocycles. The van der Waals surface area contributed by atoms with E-state index in [-0.39, 0.29) is 55.3 Å². The number of aromatic nitrogens is 2. The molecule has 1 aromatic heterocycles. The van der Waals surface area contributed by atoms with Gasteiger partial charge in [-0.1, -0.05) is 23.1 Å². The Morgan fingerprint density at radius 2 is 2.00 bits per heavy atom. The van der Waals surface area contributed by atoms with Crippen LogP contribution < -0.4 is 5.32 Å². The van der Waals surface area contributed by atoms with Crippen LogP contribution in [-0.2, 0) is 23.9 Å². The minimum absolute atomic E-state index is 0.00234. The molecule has 2 rings (SSSR count). The Kier molecular flexibility index (Phi) is 6.67. The molecule has 9 nitrogen and oxygen atoms in total. The van der Waals surface area contributed by atoms with E-state index in [1.807, 2.05) is 0 Å². The number of carbonyl (C=O) groups is 4. The van der Waals surface area contributed by atoms with Gasteiger partial charge in [0.05, 0.1) is 12.4 Å². The van der Waals surface area contributed by atoms with Gasteiger partial charge in [0.15, 0.2) is 4.34 Å². The number of esters is 1. The zero-order chi connectivity index (χ0) is 17.5. The molecule has 0 aromatic carbocycles. The number of thioether (sulfide) groups is 1. The topological polar surface area (TPSA) is 119 Å². The van der Waals surface area contributed by atoms with Crippen LogP contribution in [-0.4, -0.2) is 57.7 Å². The first-order valence-electron chi connectivity index (χ1n) is 7.24. The van der Waals surface area contributed by atoms with Crippen LogP contribution >= 0.6 is 23.1 Å². The molecule has 0 radical (unpaired) electrons. The highest BCUT2D eigenvalue weighted by atomic mass is 32.2. The minimum atomic E-state index is -0.361. The van der Waals surface area contributed by atoms with Gasteiger partial charge in [-0.2, -0.15) is 0 Å². The van der Waals surface area contributed by atoms with Crippen LogP contribution in [0.15, 0.2) is 4.34 Å². The number of nitrogens with zero attached hydrogens (tertiary/aromatic N) is 3. The third-order valence-electron chi connectivity index (χ3n) is 2.99. The average Bonchev–Trinajstić information content (AvgIpc) is 3.11. The molecule has 1 aliphatic rings. The van der Waals surface area contributed by atoms with Crippen LogP contribution in [0.25, 0.3) is 0 Å². The van der Waals surface area contributed by atoms with Crippen molar-refractivity contribution in [3.63, 3.8) is 0 Å². The molecule has 1 aromatic rings. The molecule has 11 heteroatoms. The number of likely N-dealkylation sites (tertiary alicyclic amines) is 1. The molecule has 0 aliphatic carbocycles. The number of imide groups is 1. The van der Waals surface area contributed by atoms with Gasteiger partial charge in [-0.3, -0.25) is 24.1 Å². The number of ether oxygens (including phenoxy) is 1. The molecule has 0 unspecified atom stereocenters. The van der Waals surface area contributed by atoms with Crippen molar-refractivity contribution in [3.05, 3.63) is 0 Å². The quantitative estimate of drug-likeness (QED) is 0.306. The standard InChI is InChI=1S/C13H16N4O5S2/c1-2-22-11(21)7-23-13-16-15-12(24-13)14-8(18)5-6-17-9(19)3-4-10(17)20/h2-7H2,1H3,(H,14,15,18). The highest BCUT2D eigenvalue weighted by molar-refractivity contribution is 8.01. The first kappa shape index (κ1) is 18.3. The first-order chi connectivity index (χ1) is 11.5. The van der Waals surface area contributed by atoms with Crippen LogP contribution in [0.5, 0.6) is 0 Å². The van der Waals surface area contributed by atoms with E-state index in [1.165, 1.54) is 11.8 Å². The molecule has 24 heavy (non-hydrogen) atoms. The highest BCUT2D eigenvalue weighted by Gasteiger charge is 2.28. The van der Waals surface area contributed by atoms with Gasteiger partial charge in [0.25, 0.3) is 0 Å². The lowest BCUT2D eigenvalue weighted by Crippen LogP contribution is -2.32. The van der Waals surface area contributed by atoms with Crippen molar-refractivity contribution < 1.29 is 23.9 Å². The molecule has 0 atom stereocenters. The largest absolute Gasteiger partial charge is 0.465 e. The second-order valence-electron chi connectivity index (χ2n) is 4.70. The molecule has 2 heterocycles. The molecule has 3 amide bonds. The number of amides is 3. The molecule has 1 saturated heterocycles. The Hall–Kier alpha value is -2.01. The van der Waals surface area contributed by atoms with E-state index in [1.54, 1.807) is 6.92 Å². The van der Waals surface area contributed by atoms with Gasteiger partial charge in [-0.05, 0) is 6.92 Å². The first-order valence-corrected chi connectivity index (χ1v) is 9.04. The summed E-state index contributed by atoms with van der Waals surface area (Å²) in [6, 6.07) is 0. The van der Waals surface area contributed by atoms with Crippen molar-refractivity contribution in [3.8, 4) is 0 Å². The van der Waals surface area contributed by atoms with E-state index in [0.29, 0.717) is 16.1 Å². The Labute approximate surface area is 146 Å². The minimum Gasteiger partial charge on any atom is -0.465 e. The summed E-state index contributed by atoms with van der Waals surface area (Å²) in [4.78, 5) is 47.1. The van der Waals surface area contributed by atoms with Crippen molar-refractivity contribution in [2.24, 2.45) is 0 Å². The number of rotatable bonds is 8. The third kappa shape index (κ3) is 5.27. The van der Waals surface area contributed by atoms with E-state index in [0.717, 1.165) is 16.2 Å². The van der Waals surface area contributed by atoms with Gasteiger partial charge in [0.1, 0.15) is 0 Å². The molecule has 1 fully saturated rings. The highest BCUT2D eigenvalue weighted by Crippen LogP contribution is 2.25. The Morgan fingerprint density at radius 1 is 1.29 bits per heavy atom. The molecule has 0 bridgehead atoms. The summed E-state index contributed by atoms with van der Waals surface area (Å²) >= 11 is 2.31. The maximum absolute atomic E-state index is 11.8. The van der Waals surface area contributed by atoms with Crippen molar-refractivity contribution in [1.29, 1.82) is 0 Å². The zero-order valence-corrected chi connectivity index (χ0v) is 14.6. The molecule has 130 valence electrons. The lowest BCUT2D eigenvalue weighted by Gasteiger charge is -2.12. The normalized spacial score (nSPS) is 14.1. The van der Waals surface area contributed by atoms with Gasteiger partial charge in [-0.15, -0.1) is 10.2 Å². The summed E-state index contributed by atoms with van der Waals surface area (Å²) in [5, 5.41) is 10.5. The molecular weight excluding hydrogens is 356 g/mol. The fraction of sp³-hybridized carbons (Fsp3) is 0.538. The van der Waals surface area contributed by atoms with E-state index in [4.69, 9.17) is 4.74 Å². The summed E-state index contributed by atoms with van der Waals surface area (Å²) < 4.78 is 5.33. The van der Waals surface area contributed by atoms with Gasteiger partial charge < -0.3 is 10.1 Å². The second kappa shape index (κ2) is 8.73. The number of nitrogens with one attached hydrogen (secondary N) is 1. The summed E-state index contributed by atoms with van der Waals surface area (Å²) in [6.45, 7) is 2.11. The average molecular weight is 372 g/mol. The number of carbonyl (C=O) groups excluding carboxylic acids is 4. The van der Waals surface area contributed by atoms with Crippen molar-refractivity contribution >= 4 is 51.9 Å². The fourth-order valence-electron chi connectivity index (χ4n) is 1.91. The summed E-state index contributed by atoms with van der Waals surface area (Å²) in [7, 11) is 0. The molecular formula is C13H16N4O5S2. The van der Waals surface area contributed by atoms with Gasteiger partial charge in [0.2, 0.25) is 22.9 Å². The summed E-state index contributed by atoms with van der Waals surface area (Å²) in [5.41, 5.74) is 0. The molecule has 0 saturated carbocycles. The summed E-state index contributed by atoms with van der Waals surface area (Å²) in [5.74, 6) is -1.08. The van der Waals surface area contributed by atoms with Crippen LogP contribution in [0, 0.1) is 0 Å². The van der Waals surface area contributed by atoms with Crippen LogP contribution in [0.2, 0.25) is 0 Å². The SMILES string of the molecule is CCOC(=O)CSc1nnc(NC(=O)CCN2C(=O)CCC2=O)s1. The van der Waals surface area contributed by atoms with Gasteiger partial charge in [0, 0.05) is 25.8 Å². The fourth-order valence-corrected chi connectivity index (χ4v) is 3.48. The van der Waals surface area contributed by atoms with Gasteiger partial charge >= 0.3 is 5.97 Å².